The maximum Gasteiger partial charge on any atom is 0.214 e. The largest absolute Gasteiger partial charge is 0.377 e. The van der Waals surface area contributed by atoms with Crippen molar-refractivity contribution >= 4 is 10.0 Å². The second-order valence-electron chi connectivity index (χ2n) is 3.68. The topological polar surface area (TPSA) is 55.8 Å². The van der Waals surface area contributed by atoms with Crippen molar-refractivity contribution in [3.8, 4) is 0 Å². The summed E-state index contributed by atoms with van der Waals surface area (Å²) >= 11 is 0. The van der Waals surface area contributed by atoms with Gasteiger partial charge >= 0.3 is 0 Å². The van der Waals surface area contributed by atoms with Crippen molar-refractivity contribution in [1.82, 2.24) is 4.31 Å². The van der Waals surface area contributed by atoms with Crippen LogP contribution in [0.25, 0.3) is 0 Å². The zero-order valence-electron chi connectivity index (χ0n) is 9.47. The van der Waals surface area contributed by atoms with Gasteiger partial charge < -0.3 is 9.47 Å². The van der Waals surface area contributed by atoms with Gasteiger partial charge in [-0.2, -0.15) is 4.31 Å². The fourth-order valence-corrected chi connectivity index (χ4v) is 3.30. The first kappa shape index (κ1) is 12.9. The highest BCUT2D eigenvalue weighted by atomic mass is 32.2. The maximum atomic E-state index is 11.8. The number of ether oxygens (including phenoxy) is 2. The van der Waals surface area contributed by atoms with Crippen LogP contribution < -0.4 is 0 Å². The third kappa shape index (κ3) is 2.90. The van der Waals surface area contributed by atoms with E-state index in [9.17, 15) is 8.42 Å². The zero-order chi connectivity index (χ0) is 11.5. The lowest BCUT2D eigenvalue weighted by molar-refractivity contribution is -0.00461. The zero-order valence-corrected chi connectivity index (χ0v) is 10.3. The molecule has 0 amide bonds. The molecule has 6 heteroatoms. The Bertz CT molecular complexity index is 278. The summed E-state index contributed by atoms with van der Waals surface area (Å²) in [4.78, 5) is 0. The number of rotatable bonds is 5. The van der Waals surface area contributed by atoms with Crippen LogP contribution in [0.15, 0.2) is 0 Å². The van der Waals surface area contributed by atoms with Crippen LogP contribution in [0.1, 0.15) is 13.3 Å². The van der Waals surface area contributed by atoms with E-state index in [0.29, 0.717) is 19.5 Å². The Hall–Kier alpha value is -0.170. The maximum absolute atomic E-state index is 11.8. The van der Waals surface area contributed by atoms with Gasteiger partial charge in [-0.05, 0) is 6.42 Å². The summed E-state index contributed by atoms with van der Waals surface area (Å²) in [6.07, 6.45) is 0.331. The molecule has 0 N–H and O–H groups in total. The number of nitrogens with zero attached hydrogens (tertiary/aromatic N) is 1. The molecule has 0 aliphatic carbocycles. The average Bonchev–Trinajstić information content (AvgIpc) is 2.61. The minimum Gasteiger partial charge on any atom is -0.377 e. The van der Waals surface area contributed by atoms with Gasteiger partial charge in [0.2, 0.25) is 10.0 Å². The van der Waals surface area contributed by atoms with Gasteiger partial charge in [0.05, 0.1) is 18.0 Å². The molecule has 5 nitrogen and oxygen atoms in total. The van der Waals surface area contributed by atoms with Crippen molar-refractivity contribution in [1.29, 1.82) is 0 Å². The van der Waals surface area contributed by atoms with Crippen molar-refractivity contribution in [2.24, 2.45) is 0 Å². The van der Waals surface area contributed by atoms with Crippen LogP contribution in [0.2, 0.25) is 0 Å². The van der Waals surface area contributed by atoms with E-state index < -0.39 is 10.0 Å². The molecule has 1 fully saturated rings. The number of hydrogen-bond donors (Lipinski definition) is 0. The van der Waals surface area contributed by atoms with E-state index >= 15 is 0 Å². The highest BCUT2D eigenvalue weighted by Crippen LogP contribution is 2.19. The van der Waals surface area contributed by atoms with Gasteiger partial charge in [-0.3, -0.25) is 0 Å². The molecule has 0 saturated carbocycles. The third-order valence-electron chi connectivity index (χ3n) is 2.64. The normalized spacial score (nSPS) is 28.5. The lowest BCUT2D eigenvalue weighted by Crippen LogP contribution is -2.32. The summed E-state index contributed by atoms with van der Waals surface area (Å²) in [7, 11) is 0.0293. The molecule has 0 bridgehead atoms. The number of sulfonamides is 1. The molecule has 1 heterocycles. The highest BCUT2D eigenvalue weighted by Gasteiger charge is 2.38. The van der Waals surface area contributed by atoms with E-state index in [1.54, 1.807) is 14.2 Å². The van der Waals surface area contributed by atoms with Crippen molar-refractivity contribution in [3.05, 3.63) is 0 Å². The molecule has 1 rings (SSSR count). The molecular weight excluding hydrogens is 218 g/mol. The molecule has 15 heavy (non-hydrogen) atoms. The summed E-state index contributed by atoms with van der Waals surface area (Å²) in [5.74, 6) is 0.194. The van der Waals surface area contributed by atoms with Crippen molar-refractivity contribution < 1.29 is 17.9 Å². The summed E-state index contributed by atoms with van der Waals surface area (Å²) in [5.41, 5.74) is 0. The Balaban J connectivity index is 2.68. The quantitative estimate of drug-likeness (QED) is 0.679. The van der Waals surface area contributed by atoms with E-state index in [2.05, 4.69) is 0 Å². The van der Waals surface area contributed by atoms with Crippen molar-refractivity contribution in [3.63, 3.8) is 0 Å². The van der Waals surface area contributed by atoms with Gasteiger partial charge in [-0.1, -0.05) is 6.92 Å². The molecule has 90 valence electrons. The highest BCUT2D eigenvalue weighted by molar-refractivity contribution is 7.89. The lowest BCUT2D eigenvalue weighted by atomic mass is 10.3. The van der Waals surface area contributed by atoms with Crippen LogP contribution in [0.3, 0.4) is 0 Å². The van der Waals surface area contributed by atoms with Crippen LogP contribution in [0.4, 0.5) is 0 Å². The first-order chi connectivity index (χ1) is 7.05. The van der Waals surface area contributed by atoms with Crippen LogP contribution in [-0.2, 0) is 19.5 Å². The van der Waals surface area contributed by atoms with E-state index in [4.69, 9.17) is 9.47 Å². The van der Waals surface area contributed by atoms with Gasteiger partial charge in [0.15, 0.2) is 0 Å². The first-order valence-electron chi connectivity index (χ1n) is 5.08. The smallest absolute Gasteiger partial charge is 0.214 e. The lowest BCUT2D eigenvalue weighted by Gasteiger charge is -2.14. The van der Waals surface area contributed by atoms with Crippen LogP contribution in [-0.4, -0.2) is 58.0 Å². The third-order valence-corrected chi connectivity index (χ3v) is 4.65. The van der Waals surface area contributed by atoms with Crippen molar-refractivity contribution in [2.75, 3.05) is 33.1 Å². The Labute approximate surface area is 91.4 Å². The van der Waals surface area contributed by atoms with E-state index in [0.717, 1.165) is 0 Å². The van der Waals surface area contributed by atoms with Crippen LogP contribution >= 0.6 is 0 Å². The second kappa shape index (κ2) is 5.25. The fourth-order valence-electron chi connectivity index (χ4n) is 1.78. The van der Waals surface area contributed by atoms with Gasteiger partial charge in [-0.15, -0.1) is 0 Å². The molecule has 1 aliphatic heterocycles. The Morgan fingerprint density at radius 1 is 1.20 bits per heavy atom. The molecular formula is C9H19NO4S. The second-order valence-corrected chi connectivity index (χ2v) is 5.77. The summed E-state index contributed by atoms with van der Waals surface area (Å²) < 4.78 is 35.4. The minimum absolute atomic E-state index is 0.151. The molecule has 0 aromatic rings. The van der Waals surface area contributed by atoms with E-state index in [1.807, 2.05) is 6.92 Å². The van der Waals surface area contributed by atoms with Gasteiger partial charge in [0.1, 0.15) is 0 Å². The number of methoxy groups -OCH3 is 2. The molecule has 2 atom stereocenters. The van der Waals surface area contributed by atoms with Gasteiger partial charge in [0, 0.05) is 27.3 Å². The molecule has 0 aromatic carbocycles. The van der Waals surface area contributed by atoms with Gasteiger partial charge in [-0.25, -0.2) is 8.42 Å². The standard InChI is InChI=1S/C9H19NO4S/c1-4-5-15(11,12)10-6-8(13-2)9(7-10)14-3/h8-9H,4-7H2,1-3H3. The summed E-state index contributed by atoms with van der Waals surface area (Å²) in [6.45, 7) is 2.66. The predicted molar refractivity (Wildman–Crippen MR) is 57.2 cm³/mol. The number of hydrogen-bond acceptors (Lipinski definition) is 4. The summed E-state index contributed by atoms with van der Waals surface area (Å²) in [5, 5.41) is 0. The minimum atomic E-state index is -3.12. The fraction of sp³-hybridized carbons (Fsp3) is 1.00. The van der Waals surface area contributed by atoms with E-state index in [-0.39, 0.29) is 18.0 Å². The average molecular weight is 237 g/mol. The first-order valence-corrected chi connectivity index (χ1v) is 6.69. The monoisotopic (exact) mass is 237 g/mol. The van der Waals surface area contributed by atoms with Gasteiger partial charge in [0.25, 0.3) is 0 Å². The molecule has 1 saturated heterocycles. The summed E-state index contributed by atoms with van der Waals surface area (Å²) in [6, 6.07) is 0. The molecule has 2 unspecified atom stereocenters. The molecule has 0 spiro atoms. The van der Waals surface area contributed by atoms with Crippen molar-refractivity contribution in [2.45, 2.75) is 25.6 Å². The van der Waals surface area contributed by atoms with E-state index in [1.165, 1.54) is 4.31 Å². The van der Waals surface area contributed by atoms with Crippen LogP contribution in [0.5, 0.6) is 0 Å². The Morgan fingerprint density at radius 3 is 2.00 bits per heavy atom. The SMILES string of the molecule is CCCS(=O)(=O)N1CC(OC)C(OC)C1. The molecule has 0 aromatic heterocycles. The molecule has 0 radical (unpaired) electrons. The van der Waals surface area contributed by atoms with Crippen LogP contribution in [0, 0.1) is 0 Å². The molecule has 1 aliphatic rings. The predicted octanol–water partition coefficient (Wildman–Crippen LogP) is 0.0718. The Morgan fingerprint density at radius 2 is 1.67 bits per heavy atom. The Kier molecular flexibility index (Phi) is 4.51.